The Balaban J connectivity index is 1.62. The molecule has 0 radical (unpaired) electrons. The highest BCUT2D eigenvalue weighted by Crippen LogP contribution is 2.35. The normalized spacial score (nSPS) is 21.0. The molecule has 8 heteroatoms. The van der Waals surface area contributed by atoms with Gasteiger partial charge in [-0.25, -0.2) is 17.5 Å². The van der Waals surface area contributed by atoms with Gasteiger partial charge in [0.25, 0.3) is 0 Å². The zero-order valence-corrected chi connectivity index (χ0v) is 13.3. The molecule has 2 aliphatic heterocycles. The van der Waals surface area contributed by atoms with Gasteiger partial charge < -0.3 is 9.94 Å². The van der Waals surface area contributed by atoms with Crippen LogP contribution < -0.4 is 0 Å². The average Bonchev–Trinajstić information content (AvgIpc) is 2.92. The Labute approximate surface area is 134 Å². The average molecular weight is 338 g/mol. The number of aliphatic carboxylic acids is 1. The van der Waals surface area contributed by atoms with Gasteiger partial charge >= 0.3 is 5.97 Å². The SMILES string of the molecule is O=C(O)C1=NOC2(CCN(S(=O)(=O)Cc3ccccc3)CC2)C1. The second-order valence-electron chi connectivity index (χ2n) is 5.94. The van der Waals surface area contributed by atoms with Gasteiger partial charge in [-0.2, -0.15) is 0 Å². The van der Waals surface area contributed by atoms with Crippen molar-refractivity contribution in [2.45, 2.75) is 30.6 Å². The number of benzene rings is 1. The van der Waals surface area contributed by atoms with E-state index in [-0.39, 0.29) is 17.9 Å². The third-order valence-electron chi connectivity index (χ3n) is 4.30. The maximum Gasteiger partial charge on any atom is 0.353 e. The third-order valence-corrected chi connectivity index (χ3v) is 6.15. The second kappa shape index (κ2) is 5.93. The monoisotopic (exact) mass is 338 g/mol. The lowest BCUT2D eigenvalue weighted by Crippen LogP contribution is -2.47. The zero-order chi connectivity index (χ0) is 16.5. The zero-order valence-electron chi connectivity index (χ0n) is 12.5. The molecule has 1 saturated heterocycles. The van der Waals surface area contributed by atoms with Gasteiger partial charge in [0.15, 0.2) is 5.71 Å². The van der Waals surface area contributed by atoms with Crippen molar-refractivity contribution in [2.75, 3.05) is 13.1 Å². The summed E-state index contributed by atoms with van der Waals surface area (Å²) in [6.45, 7) is 0.634. The van der Waals surface area contributed by atoms with E-state index < -0.39 is 21.6 Å². The van der Waals surface area contributed by atoms with Crippen LogP contribution in [0.25, 0.3) is 0 Å². The Morgan fingerprint density at radius 3 is 2.48 bits per heavy atom. The molecule has 0 saturated carbocycles. The molecule has 0 aromatic heterocycles. The quantitative estimate of drug-likeness (QED) is 0.890. The van der Waals surface area contributed by atoms with Crippen molar-refractivity contribution in [3.05, 3.63) is 35.9 Å². The number of rotatable bonds is 4. The minimum atomic E-state index is -3.39. The molecule has 3 rings (SSSR count). The molecule has 1 N–H and O–H groups in total. The van der Waals surface area contributed by atoms with E-state index in [1.807, 2.05) is 18.2 Å². The number of carbonyl (C=O) groups is 1. The fourth-order valence-electron chi connectivity index (χ4n) is 2.95. The number of piperidine rings is 1. The van der Waals surface area contributed by atoms with Crippen LogP contribution in [0.3, 0.4) is 0 Å². The molecule has 0 bridgehead atoms. The van der Waals surface area contributed by atoms with Gasteiger partial charge in [0.1, 0.15) is 5.60 Å². The van der Waals surface area contributed by atoms with E-state index in [0.29, 0.717) is 25.9 Å². The number of hydrogen-bond donors (Lipinski definition) is 1. The summed E-state index contributed by atoms with van der Waals surface area (Å²) < 4.78 is 26.4. The van der Waals surface area contributed by atoms with Crippen molar-refractivity contribution in [3.8, 4) is 0 Å². The predicted molar refractivity (Wildman–Crippen MR) is 83.4 cm³/mol. The first kappa shape index (κ1) is 15.9. The highest BCUT2D eigenvalue weighted by Gasteiger charge is 2.45. The summed E-state index contributed by atoms with van der Waals surface area (Å²) in [6, 6.07) is 9.05. The van der Waals surface area contributed by atoms with Gasteiger partial charge in [-0.05, 0) is 5.56 Å². The van der Waals surface area contributed by atoms with Gasteiger partial charge in [0.05, 0.1) is 5.75 Å². The fourth-order valence-corrected chi connectivity index (χ4v) is 4.49. The lowest BCUT2D eigenvalue weighted by atomic mass is 9.88. The number of hydrogen-bond acceptors (Lipinski definition) is 5. The van der Waals surface area contributed by atoms with Crippen LogP contribution in [0, 0.1) is 0 Å². The Hall–Kier alpha value is -1.93. The number of sulfonamides is 1. The van der Waals surface area contributed by atoms with Crippen molar-refractivity contribution >= 4 is 21.7 Å². The molecule has 1 spiro atoms. The number of nitrogens with zero attached hydrogens (tertiary/aromatic N) is 2. The lowest BCUT2D eigenvalue weighted by molar-refractivity contribution is -0.129. The molecule has 1 fully saturated rings. The summed E-state index contributed by atoms with van der Waals surface area (Å²) in [7, 11) is -3.39. The van der Waals surface area contributed by atoms with Crippen LogP contribution >= 0.6 is 0 Å². The number of oxime groups is 1. The van der Waals surface area contributed by atoms with Crippen LogP contribution in [0.2, 0.25) is 0 Å². The van der Waals surface area contributed by atoms with E-state index in [1.54, 1.807) is 12.1 Å². The molecule has 2 heterocycles. The minimum Gasteiger partial charge on any atom is -0.477 e. The molecule has 0 amide bonds. The maximum absolute atomic E-state index is 12.5. The molecule has 0 aliphatic carbocycles. The molecule has 23 heavy (non-hydrogen) atoms. The Morgan fingerprint density at radius 1 is 1.26 bits per heavy atom. The molecule has 0 atom stereocenters. The van der Waals surface area contributed by atoms with E-state index in [4.69, 9.17) is 9.94 Å². The van der Waals surface area contributed by atoms with Gasteiger partial charge in [0, 0.05) is 32.4 Å². The van der Waals surface area contributed by atoms with Crippen molar-refractivity contribution in [1.82, 2.24) is 4.31 Å². The molecule has 124 valence electrons. The second-order valence-corrected chi connectivity index (χ2v) is 7.90. The molecule has 1 aromatic rings. The summed E-state index contributed by atoms with van der Waals surface area (Å²) in [6.07, 6.45) is 1.12. The molecule has 7 nitrogen and oxygen atoms in total. The largest absolute Gasteiger partial charge is 0.477 e. The number of carboxylic acids is 1. The van der Waals surface area contributed by atoms with E-state index in [0.717, 1.165) is 5.56 Å². The predicted octanol–water partition coefficient (Wildman–Crippen LogP) is 1.21. The van der Waals surface area contributed by atoms with Crippen molar-refractivity contribution in [1.29, 1.82) is 0 Å². The summed E-state index contributed by atoms with van der Waals surface area (Å²) in [5.74, 6) is -1.11. The standard InChI is InChI=1S/C15H18N2O5S/c18-14(19)13-10-15(22-16-13)6-8-17(9-7-15)23(20,21)11-12-4-2-1-3-5-12/h1-5H,6-11H2,(H,18,19). The van der Waals surface area contributed by atoms with Crippen LogP contribution in [0.4, 0.5) is 0 Å². The molecular formula is C15H18N2O5S. The van der Waals surface area contributed by atoms with Gasteiger partial charge in [-0.15, -0.1) is 0 Å². The maximum atomic E-state index is 12.5. The van der Waals surface area contributed by atoms with Crippen molar-refractivity contribution < 1.29 is 23.2 Å². The molecule has 0 unspecified atom stereocenters. The molecule has 1 aromatic carbocycles. The summed E-state index contributed by atoms with van der Waals surface area (Å²) in [5.41, 5.74) is 0.0962. The minimum absolute atomic E-state index is 0.00518. The van der Waals surface area contributed by atoms with Gasteiger partial charge in [-0.3, -0.25) is 0 Å². The van der Waals surface area contributed by atoms with Crippen LogP contribution in [-0.4, -0.2) is 48.2 Å². The van der Waals surface area contributed by atoms with Gasteiger partial charge in [-0.1, -0.05) is 35.5 Å². The Morgan fingerprint density at radius 2 is 1.91 bits per heavy atom. The smallest absolute Gasteiger partial charge is 0.353 e. The van der Waals surface area contributed by atoms with Crippen molar-refractivity contribution in [2.24, 2.45) is 5.16 Å². The highest BCUT2D eigenvalue weighted by atomic mass is 32.2. The van der Waals surface area contributed by atoms with E-state index in [1.165, 1.54) is 4.31 Å². The fraction of sp³-hybridized carbons (Fsp3) is 0.467. The summed E-state index contributed by atoms with van der Waals surface area (Å²) in [4.78, 5) is 16.3. The van der Waals surface area contributed by atoms with Crippen LogP contribution in [-0.2, 0) is 25.4 Å². The summed E-state index contributed by atoms with van der Waals surface area (Å²) >= 11 is 0. The van der Waals surface area contributed by atoms with E-state index >= 15 is 0 Å². The first-order valence-electron chi connectivity index (χ1n) is 7.40. The van der Waals surface area contributed by atoms with Gasteiger partial charge in [0.2, 0.25) is 10.0 Å². The topological polar surface area (TPSA) is 96.3 Å². The Bertz CT molecular complexity index is 721. The molecular weight excluding hydrogens is 320 g/mol. The lowest BCUT2D eigenvalue weighted by Gasteiger charge is -2.36. The van der Waals surface area contributed by atoms with E-state index in [2.05, 4.69) is 5.16 Å². The highest BCUT2D eigenvalue weighted by molar-refractivity contribution is 7.88. The van der Waals surface area contributed by atoms with Crippen molar-refractivity contribution in [3.63, 3.8) is 0 Å². The van der Waals surface area contributed by atoms with Crippen LogP contribution in [0.15, 0.2) is 35.5 Å². The third kappa shape index (κ3) is 3.37. The van der Waals surface area contributed by atoms with E-state index in [9.17, 15) is 13.2 Å². The van der Waals surface area contributed by atoms with Crippen LogP contribution in [0.1, 0.15) is 24.8 Å². The molecule has 2 aliphatic rings. The first-order chi connectivity index (χ1) is 10.9. The Kier molecular flexibility index (Phi) is 4.11. The first-order valence-corrected chi connectivity index (χ1v) is 9.01. The summed E-state index contributed by atoms with van der Waals surface area (Å²) in [5, 5.41) is 12.6. The number of carboxylic acid groups (broad SMARTS) is 1. The van der Waals surface area contributed by atoms with Crippen LogP contribution in [0.5, 0.6) is 0 Å².